The molecule has 1 aliphatic carbocycles. The van der Waals surface area contributed by atoms with Crippen molar-refractivity contribution in [2.45, 2.75) is 63.9 Å². The largest absolute Gasteiger partial charge is 0.493 e. The maximum atomic E-state index is 13.8. The third-order valence-electron chi connectivity index (χ3n) is 7.02. The molecule has 4 rings (SSSR count). The van der Waals surface area contributed by atoms with Gasteiger partial charge in [0.05, 0.1) is 26.7 Å². The topological polar surface area (TPSA) is 71.1 Å². The summed E-state index contributed by atoms with van der Waals surface area (Å²) in [5, 5.41) is 0. The Morgan fingerprint density at radius 1 is 0.912 bits per heavy atom. The molecule has 1 aliphatic heterocycles. The summed E-state index contributed by atoms with van der Waals surface area (Å²) in [6.07, 6.45) is 3.97. The summed E-state index contributed by atoms with van der Waals surface area (Å²) in [5.74, 6) is 0.137. The van der Waals surface area contributed by atoms with Gasteiger partial charge in [0.15, 0.2) is 11.5 Å². The number of carbonyl (C=O) groups excluding carboxylic acids is 2. The third-order valence-corrected chi connectivity index (χ3v) is 7.02. The lowest BCUT2D eigenvalue weighted by Gasteiger charge is -2.46. The van der Waals surface area contributed by atoms with Crippen molar-refractivity contribution in [1.82, 2.24) is 0 Å². The molecule has 0 N–H and O–H groups in total. The number of para-hydroxylation sites is 1. The zero-order chi connectivity index (χ0) is 24.2. The number of carbonyl (C=O) groups is 2. The number of ether oxygens (including phenoxy) is 4. The van der Waals surface area contributed by atoms with E-state index in [1.54, 1.807) is 21.1 Å². The van der Waals surface area contributed by atoms with Crippen LogP contribution in [0.5, 0.6) is 17.2 Å². The van der Waals surface area contributed by atoms with Gasteiger partial charge in [0, 0.05) is 17.9 Å². The van der Waals surface area contributed by atoms with Gasteiger partial charge in [0.1, 0.15) is 23.6 Å². The Labute approximate surface area is 201 Å². The standard InChI is InChI=1S/C28H34O6/c1-5-7-8-9-13-20(29)24-18-15-22(31-3)23(32-4)16-19(18)27-26(28(30)33-6-2)25(24)17-12-10-11-14-21(17)34-27/h10-12,14-16,24-27H,5-9,13H2,1-4H3/t24-,25-,26+,27+/m0/s1. The van der Waals surface area contributed by atoms with E-state index in [0.29, 0.717) is 23.7 Å². The highest BCUT2D eigenvalue weighted by Gasteiger charge is 2.54. The first-order valence-electron chi connectivity index (χ1n) is 12.3. The molecule has 0 aromatic heterocycles. The van der Waals surface area contributed by atoms with Crippen LogP contribution < -0.4 is 14.2 Å². The number of unbranched alkanes of at least 4 members (excludes halogenated alkanes) is 3. The highest BCUT2D eigenvalue weighted by atomic mass is 16.5. The second-order valence-electron chi connectivity index (χ2n) is 8.97. The second kappa shape index (κ2) is 10.5. The van der Waals surface area contributed by atoms with E-state index in [2.05, 4.69) is 6.92 Å². The lowest BCUT2D eigenvalue weighted by atomic mass is 9.61. The maximum absolute atomic E-state index is 13.8. The van der Waals surface area contributed by atoms with Crippen LogP contribution in [0.1, 0.15) is 80.6 Å². The van der Waals surface area contributed by atoms with Gasteiger partial charge >= 0.3 is 5.97 Å². The number of hydrogen-bond donors (Lipinski definition) is 0. The van der Waals surface area contributed by atoms with E-state index < -0.39 is 17.9 Å². The molecule has 2 aromatic rings. The monoisotopic (exact) mass is 466 g/mol. The predicted molar refractivity (Wildman–Crippen MR) is 129 cm³/mol. The third kappa shape index (κ3) is 4.26. The number of ketones is 1. The van der Waals surface area contributed by atoms with Crippen LogP contribution in [-0.2, 0) is 14.3 Å². The molecule has 0 amide bonds. The van der Waals surface area contributed by atoms with Crippen molar-refractivity contribution in [2.24, 2.45) is 5.92 Å². The number of esters is 1. The average Bonchev–Trinajstić information content (AvgIpc) is 2.85. The second-order valence-corrected chi connectivity index (χ2v) is 8.97. The Morgan fingerprint density at radius 2 is 1.62 bits per heavy atom. The zero-order valence-electron chi connectivity index (χ0n) is 20.5. The van der Waals surface area contributed by atoms with Crippen LogP contribution in [0.4, 0.5) is 0 Å². The molecule has 0 unspecified atom stereocenters. The van der Waals surface area contributed by atoms with Crippen LogP contribution in [0.25, 0.3) is 0 Å². The summed E-state index contributed by atoms with van der Waals surface area (Å²) in [5.41, 5.74) is 2.51. The summed E-state index contributed by atoms with van der Waals surface area (Å²) in [4.78, 5) is 27.2. The molecule has 0 radical (unpaired) electrons. The molecule has 2 aliphatic rings. The number of Topliss-reactive ketones (excluding diaryl/α,β-unsaturated/α-hetero) is 1. The first-order valence-corrected chi connectivity index (χ1v) is 12.3. The number of rotatable bonds is 10. The zero-order valence-corrected chi connectivity index (χ0v) is 20.5. The molecular formula is C28H34O6. The molecule has 2 aromatic carbocycles. The molecule has 4 atom stereocenters. The lowest BCUT2D eigenvalue weighted by Crippen LogP contribution is -2.44. The molecule has 2 bridgehead atoms. The fourth-order valence-electron chi connectivity index (χ4n) is 5.48. The Kier molecular flexibility index (Phi) is 7.44. The number of fused-ring (bicyclic) bond motifs is 6. The van der Waals surface area contributed by atoms with E-state index in [0.717, 1.165) is 42.4 Å². The molecule has 0 spiro atoms. The van der Waals surface area contributed by atoms with Gasteiger partial charge in [0.2, 0.25) is 0 Å². The highest BCUT2D eigenvalue weighted by Crippen LogP contribution is 2.59. The average molecular weight is 467 g/mol. The maximum Gasteiger partial charge on any atom is 0.313 e. The Morgan fingerprint density at radius 3 is 2.29 bits per heavy atom. The smallest absolute Gasteiger partial charge is 0.313 e. The normalized spacial score (nSPS) is 22.1. The van der Waals surface area contributed by atoms with Crippen LogP contribution in [0.15, 0.2) is 36.4 Å². The van der Waals surface area contributed by atoms with E-state index in [9.17, 15) is 9.59 Å². The Hall–Kier alpha value is -3.02. The number of benzene rings is 2. The summed E-state index contributed by atoms with van der Waals surface area (Å²) in [7, 11) is 3.16. The lowest BCUT2D eigenvalue weighted by molar-refractivity contribution is -0.155. The van der Waals surface area contributed by atoms with Crippen LogP contribution in [0, 0.1) is 5.92 Å². The molecule has 1 heterocycles. The van der Waals surface area contributed by atoms with Gasteiger partial charge < -0.3 is 18.9 Å². The van der Waals surface area contributed by atoms with Crippen LogP contribution >= 0.6 is 0 Å². The van der Waals surface area contributed by atoms with Gasteiger partial charge in [-0.05, 0) is 42.7 Å². The predicted octanol–water partition coefficient (Wildman–Crippen LogP) is 5.74. The van der Waals surface area contributed by atoms with Gasteiger partial charge in [-0.1, -0.05) is 44.4 Å². The van der Waals surface area contributed by atoms with Crippen molar-refractivity contribution in [3.8, 4) is 17.2 Å². The van der Waals surface area contributed by atoms with Gasteiger partial charge in [-0.25, -0.2) is 0 Å². The molecule has 6 heteroatoms. The van der Waals surface area contributed by atoms with Gasteiger partial charge in [-0.15, -0.1) is 0 Å². The fraction of sp³-hybridized carbons (Fsp3) is 0.500. The van der Waals surface area contributed by atoms with Gasteiger partial charge in [-0.3, -0.25) is 9.59 Å². The minimum atomic E-state index is -0.620. The van der Waals surface area contributed by atoms with E-state index in [1.165, 1.54) is 0 Å². The first-order chi connectivity index (χ1) is 16.5. The van der Waals surface area contributed by atoms with Crippen molar-refractivity contribution >= 4 is 11.8 Å². The SMILES string of the molecule is CCCCCCC(=O)[C@@H]1c2cc(OC)c(OC)cc2[C@H]2Oc3ccccc3[C@@H]1[C@H]2C(=O)OCC. The molecular weight excluding hydrogens is 432 g/mol. The minimum absolute atomic E-state index is 0.138. The van der Waals surface area contributed by atoms with E-state index >= 15 is 0 Å². The summed E-state index contributed by atoms with van der Waals surface area (Å²) >= 11 is 0. The van der Waals surface area contributed by atoms with Crippen LogP contribution in [-0.4, -0.2) is 32.6 Å². The fourth-order valence-corrected chi connectivity index (χ4v) is 5.48. The molecule has 0 fully saturated rings. The van der Waals surface area contributed by atoms with E-state index in [1.807, 2.05) is 36.4 Å². The van der Waals surface area contributed by atoms with E-state index in [4.69, 9.17) is 18.9 Å². The van der Waals surface area contributed by atoms with Gasteiger partial charge in [0.25, 0.3) is 0 Å². The van der Waals surface area contributed by atoms with Crippen molar-refractivity contribution in [2.75, 3.05) is 20.8 Å². The summed E-state index contributed by atoms with van der Waals surface area (Å²) < 4.78 is 23.1. The van der Waals surface area contributed by atoms with Crippen LogP contribution in [0.3, 0.4) is 0 Å². The van der Waals surface area contributed by atoms with Crippen LogP contribution in [0.2, 0.25) is 0 Å². The Bertz CT molecular complexity index is 1050. The van der Waals surface area contributed by atoms with Crippen molar-refractivity contribution < 1.29 is 28.5 Å². The molecule has 0 saturated carbocycles. The molecule has 34 heavy (non-hydrogen) atoms. The quantitative estimate of drug-likeness (QED) is 0.329. The Balaban J connectivity index is 1.88. The van der Waals surface area contributed by atoms with Crippen molar-refractivity contribution in [1.29, 1.82) is 0 Å². The number of hydrogen-bond acceptors (Lipinski definition) is 6. The summed E-state index contributed by atoms with van der Waals surface area (Å²) in [6.45, 7) is 4.22. The molecule has 182 valence electrons. The first kappa shape index (κ1) is 24.1. The van der Waals surface area contributed by atoms with Gasteiger partial charge in [-0.2, -0.15) is 0 Å². The molecule has 6 nitrogen and oxygen atoms in total. The van der Waals surface area contributed by atoms with Crippen molar-refractivity contribution in [3.63, 3.8) is 0 Å². The molecule has 0 saturated heterocycles. The minimum Gasteiger partial charge on any atom is -0.493 e. The number of methoxy groups -OCH3 is 2. The summed E-state index contributed by atoms with van der Waals surface area (Å²) in [6, 6.07) is 11.5. The van der Waals surface area contributed by atoms with Crippen molar-refractivity contribution in [3.05, 3.63) is 53.1 Å². The highest BCUT2D eigenvalue weighted by molar-refractivity contribution is 5.91. The van der Waals surface area contributed by atoms with E-state index in [-0.39, 0.29) is 24.3 Å².